The molecular weight excluding hydrogens is 250 g/mol. The van der Waals surface area contributed by atoms with Crippen molar-refractivity contribution >= 4 is 5.91 Å². The summed E-state index contributed by atoms with van der Waals surface area (Å²) in [6, 6.07) is 0. The van der Waals surface area contributed by atoms with Gasteiger partial charge in [0.15, 0.2) is 0 Å². The molecule has 0 spiro atoms. The van der Waals surface area contributed by atoms with Crippen molar-refractivity contribution in [3.8, 4) is 0 Å². The Hall–Kier alpha value is -0.690. The second kappa shape index (κ2) is 6.17. The monoisotopic (exact) mass is 271 g/mol. The van der Waals surface area contributed by atoms with Gasteiger partial charge in [0, 0.05) is 31.0 Å². The first-order valence-electron chi connectivity index (χ1n) is 7.03. The van der Waals surface area contributed by atoms with E-state index in [1.807, 2.05) is 0 Å². The zero-order valence-electron chi connectivity index (χ0n) is 11.0. The lowest BCUT2D eigenvalue weighted by molar-refractivity contribution is -0.146. The summed E-state index contributed by atoms with van der Waals surface area (Å²) in [5, 5.41) is 0. The van der Waals surface area contributed by atoms with Crippen LogP contribution in [0.3, 0.4) is 0 Å². The minimum Gasteiger partial charge on any atom is -0.381 e. The summed E-state index contributed by atoms with van der Waals surface area (Å²) >= 11 is 0. The Kier molecular flexibility index (Phi) is 4.32. The molecule has 108 valence electrons. The van der Waals surface area contributed by atoms with E-state index in [1.165, 1.54) is 0 Å². The summed E-state index contributed by atoms with van der Waals surface area (Å²) in [6.45, 7) is 4.05. The van der Waals surface area contributed by atoms with E-state index < -0.39 is 0 Å². The molecule has 0 aromatic carbocycles. The summed E-state index contributed by atoms with van der Waals surface area (Å²) in [6.07, 6.45) is 1.51. The highest BCUT2D eigenvalue weighted by molar-refractivity contribution is 5.80. The van der Waals surface area contributed by atoms with Gasteiger partial charge in [-0.2, -0.15) is 0 Å². The van der Waals surface area contributed by atoms with Gasteiger partial charge in [0.25, 0.3) is 5.91 Å². The van der Waals surface area contributed by atoms with E-state index in [-0.39, 0.29) is 17.9 Å². The highest BCUT2D eigenvalue weighted by atomic mass is 16.7. The SMILES string of the molecule is O=C(NOCC1CCOC1)[C@@H]1OC[C@@H]2COCC[C@@H]21. The maximum atomic E-state index is 12.0. The van der Waals surface area contributed by atoms with Crippen molar-refractivity contribution in [2.45, 2.75) is 18.9 Å². The molecule has 3 aliphatic heterocycles. The maximum absolute atomic E-state index is 12.0. The molecule has 0 aromatic heterocycles. The van der Waals surface area contributed by atoms with Crippen LogP contribution in [0.5, 0.6) is 0 Å². The maximum Gasteiger partial charge on any atom is 0.272 e. The van der Waals surface area contributed by atoms with Crippen molar-refractivity contribution < 1.29 is 23.8 Å². The van der Waals surface area contributed by atoms with Gasteiger partial charge in [-0.1, -0.05) is 0 Å². The third-order valence-corrected chi connectivity index (χ3v) is 4.19. The van der Waals surface area contributed by atoms with Gasteiger partial charge in [0.05, 0.1) is 26.4 Å². The standard InChI is InChI=1S/C13H21NO5/c15-13(14-19-6-9-1-3-16-5-9)12-11-2-4-17-7-10(11)8-18-12/h9-12H,1-8H2,(H,14,15)/t9?,10-,11-,12+/m0/s1. The smallest absolute Gasteiger partial charge is 0.272 e. The van der Waals surface area contributed by atoms with Crippen molar-refractivity contribution in [2.24, 2.45) is 17.8 Å². The lowest BCUT2D eigenvalue weighted by Gasteiger charge is -2.26. The average molecular weight is 271 g/mol. The Morgan fingerprint density at radius 1 is 1.16 bits per heavy atom. The molecule has 3 fully saturated rings. The molecule has 0 aliphatic carbocycles. The topological polar surface area (TPSA) is 66.0 Å². The fourth-order valence-electron chi connectivity index (χ4n) is 3.01. The highest BCUT2D eigenvalue weighted by Crippen LogP contribution is 2.33. The van der Waals surface area contributed by atoms with Crippen LogP contribution in [0.1, 0.15) is 12.8 Å². The van der Waals surface area contributed by atoms with E-state index in [9.17, 15) is 4.79 Å². The highest BCUT2D eigenvalue weighted by Gasteiger charge is 2.43. The fourth-order valence-corrected chi connectivity index (χ4v) is 3.01. The van der Waals surface area contributed by atoms with E-state index in [2.05, 4.69) is 5.48 Å². The number of rotatable bonds is 4. The van der Waals surface area contributed by atoms with Crippen molar-refractivity contribution in [1.29, 1.82) is 0 Å². The van der Waals surface area contributed by atoms with Crippen LogP contribution in [-0.2, 0) is 23.8 Å². The van der Waals surface area contributed by atoms with Crippen LogP contribution in [0.15, 0.2) is 0 Å². The molecule has 3 rings (SSSR count). The van der Waals surface area contributed by atoms with Gasteiger partial charge in [-0.3, -0.25) is 9.63 Å². The molecule has 4 atom stereocenters. The van der Waals surface area contributed by atoms with Crippen molar-refractivity contribution in [3.05, 3.63) is 0 Å². The second-order valence-corrected chi connectivity index (χ2v) is 5.55. The van der Waals surface area contributed by atoms with E-state index in [4.69, 9.17) is 19.0 Å². The molecule has 1 N–H and O–H groups in total. The quantitative estimate of drug-likeness (QED) is 0.736. The summed E-state index contributed by atoms with van der Waals surface area (Å²) < 4.78 is 16.2. The molecule has 3 heterocycles. The Balaban J connectivity index is 1.42. The fraction of sp³-hybridized carbons (Fsp3) is 0.923. The molecule has 6 nitrogen and oxygen atoms in total. The number of hydrogen-bond acceptors (Lipinski definition) is 5. The van der Waals surface area contributed by atoms with Gasteiger partial charge in [-0.15, -0.1) is 0 Å². The summed E-state index contributed by atoms with van der Waals surface area (Å²) in [7, 11) is 0. The van der Waals surface area contributed by atoms with E-state index in [1.54, 1.807) is 0 Å². The minimum absolute atomic E-state index is 0.159. The van der Waals surface area contributed by atoms with Crippen LogP contribution in [0.25, 0.3) is 0 Å². The zero-order chi connectivity index (χ0) is 13.1. The van der Waals surface area contributed by atoms with Gasteiger partial charge >= 0.3 is 0 Å². The summed E-state index contributed by atoms with van der Waals surface area (Å²) in [4.78, 5) is 17.3. The molecule has 0 radical (unpaired) electrons. The number of amides is 1. The van der Waals surface area contributed by atoms with Crippen LogP contribution in [0.2, 0.25) is 0 Å². The van der Waals surface area contributed by atoms with Gasteiger partial charge < -0.3 is 14.2 Å². The summed E-state index contributed by atoms with van der Waals surface area (Å²) in [5.41, 5.74) is 2.52. The molecular formula is C13H21NO5. The molecule has 1 unspecified atom stereocenters. The van der Waals surface area contributed by atoms with Crippen molar-refractivity contribution in [1.82, 2.24) is 5.48 Å². The van der Waals surface area contributed by atoms with E-state index in [0.29, 0.717) is 38.3 Å². The Morgan fingerprint density at radius 2 is 2.00 bits per heavy atom. The Bertz CT molecular complexity index is 318. The Labute approximate surface area is 112 Å². The lowest BCUT2D eigenvalue weighted by Crippen LogP contribution is -2.41. The molecule has 0 aromatic rings. The van der Waals surface area contributed by atoms with Gasteiger partial charge in [-0.25, -0.2) is 5.48 Å². The number of fused-ring (bicyclic) bond motifs is 1. The first-order chi connectivity index (χ1) is 9.34. The molecule has 19 heavy (non-hydrogen) atoms. The van der Waals surface area contributed by atoms with Gasteiger partial charge in [0.1, 0.15) is 6.10 Å². The molecule has 0 bridgehead atoms. The number of nitrogens with one attached hydrogen (secondary N) is 1. The predicted molar refractivity (Wildman–Crippen MR) is 65.2 cm³/mol. The third-order valence-electron chi connectivity index (χ3n) is 4.19. The van der Waals surface area contributed by atoms with Crippen LogP contribution < -0.4 is 5.48 Å². The zero-order valence-corrected chi connectivity index (χ0v) is 11.0. The average Bonchev–Trinajstić information content (AvgIpc) is 3.07. The lowest BCUT2D eigenvalue weighted by atomic mass is 9.87. The van der Waals surface area contributed by atoms with Gasteiger partial charge in [0.2, 0.25) is 0 Å². The first-order valence-corrected chi connectivity index (χ1v) is 7.03. The van der Waals surface area contributed by atoms with E-state index >= 15 is 0 Å². The second-order valence-electron chi connectivity index (χ2n) is 5.55. The number of ether oxygens (including phenoxy) is 3. The van der Waals surface area contributed by atoms with Crippen molar-refractivity contribution in [2.75, 3.05) is 39.6 Å². The molecule has 1 amide bonds. The largest absolute Gasteiger partial charge is 0.381 e. The molecule has 6 heteroatoms. The Morgan fingerprint density at radius 3 is 2.84 bits per heavy atom. The van der Waals surface area contributed by atoms with Crippen LogP contribution >= 0.6 is 0 Å². The van der Waals surface area contributed by atoms with Crippen LogP contribution in [-0.4, -0.2) is 51.7 Å². The minimum atomic E-state index is -0.381. The van der Waals surface area contributed by atoms with E-state index in [0.717, 1.165) is 26.1 Å². The third kappa shape index (κ3) is 3.08. The van der Waals surface area contributed by atoms with Crippen molar-refractivity contribution in [3.63, 3.8) is 0 Å². The number of hydroxylamine groups is 1. The molecule has 3 aliphatic rings. The van der Waals surface area contributed by atoms with Gasteiger partial charge in [-0.05, 0) is 12.8 Å². The number of hydrogen-bond donors (Lipinski definition) is 1. The first kappa shape index (κ1) is 13.3. The normalized spacial score (nSPS) is 38.1. The number of carbonyl (C=O) groups is 1. The van der Waals surface area contributed by atoms with Crippen LogP contribution in [0.4, 0.5) is 0 Å². The predicted octanol–water partition coefficient (Wildman–Crippen LogP) is 0.122. The molecule has 0 saturated carbocycles. The number of carbonyl (C=O) groups excluding carboxylic acids is 1. The molecule has 3 saturated heterocycles. The van der Waals surface area contributed by atoms with Crippen LogP contribution in [0, 0.1) is 17.8 Å². The summed E-state index contributed by atoms with van der Waals surface area (Å²) in [5.74, 6) is 0.855.